The van der Waals surface area contributed by atoms with Crippen LogP contribution in [0.4, 0.5) is 0 Å². The molecule has 4 rings (SSSR count). The van der Waals surface area contributed by atoms with Crippen LogP contribution in [0.15, 0.2) is 36.7 Å². The van der Waals surface area contributed by atoms with E-state index in [9.17, 15) is 4.79 Å². The Bertz CT molecular complexity index is 1020. The van der Waals surface area contributed by atoms with Crippen molar-refractivity contribution in [3.63, 3.8) is 0 Å². The van der Waals surface area contributed by atoms with Gasteiger partial charge in [0.2, 0.25) is 5.91 Å². The fraction of sp³-hybridized carbons (Fsp3) is 0.571. The molecule has 1 amide bonds. The first kappa shape index (κ1) is 26.7. The quantitative estimate of drug-likeness (QED) is 0.356. The molecule has 2 aliphatic rings. The summed E-state index contributed by atoms with van der Waals surface area (Å²) in [7, 11) is -1.76. The SMILES string of the molecule is CC(C)(C)[Si](C)(C)O[C@H]1CC[C@@H](N2CCC(Cc3c(Cl)cc(-c4cccnc4)cc3Cl)C2=O)CC1. The number of pyridine rings is 1. The molecule has 1 saturated heterocycles. The van der Waals surface area contributed by atoms with Crippen LogP contribution in [0.1, 0.15) is 58.4 Å². The van der Waals surface area contributed by atoms with Crippen LogP contribution in [0.3, 0.4) is 0 Å². The number of aromatic nitrogens is 1. The van der Waals surface area contributed by atoms with Gasteiger partial charge in [0.25, 0.3) is 0 Å². The molecule has 1 aliphatic carbocycles. The largest absolute Gasteiger partial charge is 0.414 e. The van der Waals surface area contributed by atoms with Gasteiger partial charge in [-0.25, -0.2) is 0 Å². The molecule has 0 radical (unpaired) electrons. The Morgan fingerprint density at radius 3 is 2.29 bits per heavy atom. The number of carbonyl (C=O) groups is 1. The van der Waals surface area contributed by atoms with Crippen LogP contribution in [0, 0.1) is 5.92 Å². The lowest BCUT2D eigenvalue weighted by Gasteiger charge is -2.42. The number of halogens is 2. The highest BCUT2D eigenvalue weighted by Gasteiger charge is 2.42. The molecule has 1 saturated carbocycles. The van der Waals surface area contributed by atoms with Crippen LogP contribution in [-0.2, 0) is 15.6 Å². The van der Waals surface area contributed by atoms with Crippen molar-refractivity contribution in [2.45, 2.75) is 89.6 Å². The van der Waals surface area contributed by atoms with E-state index in [4.69, 9.17) is 27.6 Å². The van der Waals surface area contributed by atoms with E-state index in [-0.39, 0.29) is 16.9 Å². The van der Waals surface area contributed by atoms with Crippen LogP contribution in [0.2, 0.25) is 28.2 Å². The molecule has 1 aromatic heterocycles. The molecular weight excluding hydrogens is 495 g/mol. The molecule has 1 aliphatic heterocycles. The minimum atomic E-state index is -1.76. The molecule has 4 nitrogen and oxygen atoms in total. The lowest BCUT2D eigenvalue weighted by Crippen LogP contribution is -2.47. The summed E-state index contributed by atoms with van der Waals surface area (Å²) in [6, 6.07) is 8.06. The monoisotopic (exact) mass is 532 g/mol. The fourth-order valence-electron chi connectivity index (χ4n) is 5.13. The van der Waals surface area contributed by atoms with Crippen molar-refractivity contribution in [3.8, 4) is 11.1 Å². The van der Waals surface area contributed by atoms with Gasteiger partial charge in [-0.1, -0.05) is 50.0 Å². The van der Waals surface area contributed by atoms with E-state index in [0.717, 1.165) is 55.3 Å². The Balaban J connectivity index is 1.36. The second-order valence-electron chi connectivity index (χ2n) is 11.7. The van der Waals surface area contributed by atoms with Crippen LogP contribution in [0.25, 0.3) is 11.1 Å². The average Bonchev–Trinajstić information content (AvgIpc) is 3.16. The van der Waals surface area contributed by atoms with Crippen molar-refractivity contribution in [2.75, 3.05) is 6.54 Å². The van der Waals surface area contributed by atoms with Gasteiger partial charge in [0, 0.05) is 52.6 Å². The summed E-state index contributed by atoms with van der Waals surface area (Å²) in [6.45, 7) is 12.3. The van der Waals surface area contributed by atoms with Gasteiger partial charge in [-0.3, -0.25) is 9.78 Å². The third-order valence-electron chi connectivity index (χ3n) is 8.29. The highest BCUT2D eigenvalue weighted by atomic mass is 35.5. The maximum Gasteiger partial charge on any atom is 0.226 e. The Kier molecular flexibility index (Phi) is 8.02. The van der Waals surface area contributed by atoms with Gasteiger partial charge in [0.1, 0.15) is 0 Å². The van der Waals surface area contributed by atoms with E-state index < -0.39 is 8.32 Å². The standard InChI is InChI=1S/C28H38Cl2N2O2Si/c1-28(2,3)35(4,5)34-23-10-8-22(9-11-23)32-14-12-19(27(32)33)15-24-25(29)16-21(17-26(24)30)20-7-6-13-31-18-20/h6-7,13,16-19,22-23H,8-12,14-15H2,1-5H3/t19?,22-,23+. The zero-order chi connectivity index (χ0) is 25.4. The number of amides is 1. The number of rotatable bonds is 6. The topological polar surface area (TPSA) is 42.4 Å². The van der Waals surface area contributed by atoms with Crippen molar-refractivity contribution in [3.05, 3.63) is 52.3 Å². The summed E-state index contributed by atoms with van der Waals surface area (Å²) in [6.07, 6.45) is 9.45. The van der Waals surface area contributed by atoms with Gasteiger partial charge in [-0.15, -0.1) is 0 Å². The predicted molar refractivity (Wildman–Crippen MR) is 148 cm³/mol. The number of nitrogens with zero attached hydrogens (tertiary/aromatic N) is 2. The molecule has 2 aromatic rings. The summed E-state index contributed by atoms with van der Waals surface area (Å²) in [5, 5.41) is 1.46. The second kappa shape index (κ2) is 10.5. The Morgan fingerprint density at radius 2 is 1.71 bits per heavy atom. The van der Waals surface area contributed by atoms with Crippen LogP contribution >= 0.6 is 23.2 Å². The zero-order valence-corrected chi connectivity index (χ0v) is 24.1. The molecule has 0 N–H and O–H groups in total. The van der Waals surface area contributed by atoms with Gasteiger partial charge in [0.05, 0.1) is 0 Å². The average molecular weight is 534 g/mol. The van der Waals surface area contributed by atoms with E-state index in [1.807, 2.05) is 24.3 Å². The van der Waals surface area contributed by atoms with Crippen molar-refractivity contribution >= 4 is 37.4 Å². The number of benzene rings is 1. The van der Waals surface area contributed by atoms with Crippen molar-refractivity contribution in [1.82, 2.24) is 9.88 Å². The van der Waals surface area contributed by atoms with Gasteiger partial charge < -0.3 is 9.33 Å². The molecule has 1 aromatic carbocycles. The van der Waals surface area contributed by atoms with Crippen LogP contribution in [-0.4, -0.2) is 42.8 Å². The van der Waals surface area contributed by atoms with Gasteiger partial charge >= 0.3 is 0 Å². The zero-order valence-electron chi connectivity index (χ0n) is 21.6. The van der Waals surface area contributed by atoms with Crippen LogP contribution < -0.4 is 0 Å². The Labute approximate surface area is 221 Å². The molecule has 2 fully saturated rings. The van der Waals surface area contributed by atoms with Crippen LogP contribution in [0.5, 0.6) is 0 Å². The van der Waals surface area contributed by atoms with Gasteiger partial charge in [-0.05, 0) is 86.0 Å². The molecule has 1 atom stereocenters. The van der Waals surface area contributed by atoms with Crippen molar-refractivity contribution in [2.24, 2.45) is 5.92 Å². The van der Waals surface area contributed by atoms with E-state index in [1.165, 1.54) is 0 Å². The van der Waals surface area contributed by atoms with Crippen molar-refractivity contribution in [1.29, 1.82) is 0 Å². The summed E-state index contributed by atoms with van der Waals surface area (Å²) < 4.78 is 6.65. The number of carbonyl (C=O) groups excluding carboxylic acids is 1. The lowest BCUT2D eigenvalue weighted by atomic mass is 9.92. The molecule has 35 heavy (non-hydrogen) atoms. The van der Waals surface area contributed by atoms with E-state index in [0.29, 0.717) is 28.6 Å². The lowest BCUT2D eigenvalue weighted by molar-refractivity contribution is -0.133. The number of hydrogen-bond donors (Lipinski definition) is 0. The smallest absolute Gasteiger partial charge is 0.226 e. The highest BCUT2D eigenvalue weighted by Crippen LogP contribution is 2.40. The summed E-state index contributed by atoms with van der Waals surface area (Å²) in [4.78, 5) is 19.7. The second-order valence-corrected chi connectivity index (χ2v) is 17.3. The molecule has 1 unspecified atom stereocenters. The maximum atomic E-state index is 13.4. The first-order valence-corrected chi connectivity index (χ1v) is 16.5. The first-order valence-electron chi connectivity index (χ1n) is 12.8. The van der Waals surface area contributed by atoms with Crippen molar-refractivity contribution < 1.29 is 9.22 Å². The highest BCUT2D eigenvalue weighted by molar-refractivity contribution is 6.74. The molecular formula is C28H38Cl2N2O2Si. The minimum Gasteiger partial charge on any atom is -0.414 e. The minimum absolute atomic E-state index is 0.0598. The summed E-state index contributed by atoms with van der Waals surface area (Å²) in [5.74, 6) is 0.192. The number of likely N-dealkylation sites (tertiary alicyclic amines) is 1. The third-order valence-corrected chi connectivity index (χ3v) is 13.5. The Morgan fingerprint density at radius 1 is 1.06 bits per heavy atom. The molecule has 7 heteroatoms. The third kappa shape index (κ3) is 5.95. The van der Waals surface area contributed by atoms with Gasteiger partial charge in [0.15, 0.2) is 8.32 Å². The normalized spacial score (nSPS) is 23.7. The first-order chi connectivity index (χ1) is 16.5. The molecule has 2 heterocycles. The molecule has 0 bridgehead atoms. The predicted octanol–water partition coefficient (Wildman–Crippen LogP) is 7.78. The summed E-state index contributed by atoms with van der Waals surface area (Å²) in [5.41, 5.74) is 2.78. The van der Waals surface area contributed by atoms with Gasteiger partial charge in [-0.2, -0.15) is 0 Å². The Hall–Kier alpha value is -1.40. The molecule has 0 spiro atoms. The number of hydrogen-bond acceptors (Lipinski definition) is 3. The van der Waals surface area contributed by atoms with E-state index in [2.05, 4.69) is 43.7 Å². The van der Waals surface area contributed by atoms with E-state index >= 15 is 0 Å². The molecule has 190 valence electrons. The fourth-order valence-corrected chi connectivity index (χ4v) is 7.19. The summed E-state index contributed by atoms with van der Waals surface area (Å²) >= 11 is 13.3. The van der Waals surface area contributed by atoms with E-state index in [1.54, 1.807) is 12.4 Å². The maximum absolute atomic E-state index is 13.4.